The molecule has 6 nitrogen and oxygen atoms in total. The topological polar surface area (TPSA) is 84.4 Å². The molecule has 2 heterocycles. The molecule has 2 aromatic heterocycles. The van der Waals surface area contributed by atoms with Gasteiger partial charge < -0.3 is 20.8 Å². The molecule has 4 N–H and O–H groups in total. The van der Waals surface area contributed by atoms with Crippen LogP contribution in [-0.2, 0) is 6.54 Å². The number of carbonyl (C=O) groups excluding carboxylic acids is 1. The number of rotatable bonds is 3. The van der Waals surface area contributed by atoms with Gasteiger partial charge in [0, 0.05) is 36.5 Å². The number of imidazole rings is 1. The van der Waals surface area contributed by atoms with Gasteiger partial charge >= 0.3 is 6.03 Å². The van der Waals surface area contributed by atoms with Gasteiger partial charge in [-0.2, -0.15) is 0 Å². The first-order valence-corrected chi connectivity index (χ1v) is 6.53. The predicted octanol–water partition coefficient (Wildman–Crippen LogP) is 2.24. The van der Waals surface area contributed by atoms with Gasteiger partial charge in [0.05, 0.1) is 0 Å². The number of hydrogen-bond acceptors (Lipinski definition) is 3. The third-order valence-electron chi connectivity index (χ3n) is 3.07. The summed E-state index contributed by atoms with van der Waals surface area (Å²) in [4.78, 5) is 16.0. The highest BCUT2D eigenvalue weighted by Crippen LogP contribution is 2.10. The van der Waals surface area contributed by atoms with Crippen LogP contribution in [0.1, 0.15) is 5.56 Å². The molecule has 2 amide bonds. The Hall–Kier alpha value is -3.02. The van der Waals surface area contributed by atoms with E-state index in [4.69, 9.17) is 5.73 Å². The third kappa shape index (κ3) is 3.11. The van der Waals surface area contributed by atoms with E-state index in [0.717, 1.165) is 11.2 Å². The second-order valence-electron chi connectivity index (χ2n) is 4.66. The molecule has 106 valence electrons. The van der Waals surface area contributed by atoms with Crippen molar-refractivity contribution in [3.8, 4) is 0 Å². The van der Waals surface area contributed by atoms with Crippen molar-refractivity contribution >= 4 is 23.1 Å². The van der Waals surface area contributed by atoms with E-state index in [0.29, 0.717) is 17.9 Å². The fourth-order valence-electron chi connectivity index (χ4n) is 1.99. The minimum absolute atomic E-state index is 0.259. The SMILES string of the molecule is Nc1ccc(NC(=O)NCc2ccc3nccn3c2)cc1. The van der Waals surface area contributed by atoms with Crippen LogP contribution in [0.25, 0.3) is 5.65 Å². The van der Waals surface area contributed by atoms with Gasteiger partial charge in [-0.1, -0.05) is 6.07 Å². The number of nitrogens with two attached hydrogens (primary N) is 1. The normalized spacial score (nSPS) is 10.5. The lowest BCUT2D eigenvalue weighted by Crippen LogP contribution is -2.28. The monoisotopic (exact) mass is 281 g/mol. The zero-order valence-electron chi connectivity index (χ0n) is 11.3. The number of amides is 2. The first kappa shape index (κ1) is 13.0. The van der Waals surface area contributed by atoms with Crippen LogP contribution in [0.4, 0.5) is 16.2 Å². The van der Waals surface area contributed by atoms with Gasteiger partial charge in [-0.3, -0.25) is 0 Å². The fraction of sp³-hybridized carbons (Fsp3) is 0.0667. The van der Waals surface area contributed by atoms with Gasteiger partial charge in [-0.15, -0.1) is 0 Å². The van der Waals surface area contributed by atoms with Crippen LogP contribution in [0.3, 0.4) is 0 Å². The second kappa shape index (κ2) is 5.54. The van der Waals surface area contributed by atoms with Crippen molar-refractivity contribution < 1.29 is 4.79 Å². The van der Waals surface area contributed by atoms with Crippen LogP contribution in [-0.4, -0.2) is 15.4 Å². The molecule has 6 heteroatoms. The van der Waals surface area contributed by atoms with Gasteiger partial charge in [-0.25, -0.2) is 9.78 Å². The highest BCUT2D eigenvalue weighted by molar-refractivity contribution is 5.89. The van der Waals surface area contributed by atoms with Crippen LogP contribution >= 0.6 is 0 Å². The van der Waals surface area contributed by atoms with Gasteiger partial charge in [0.15, 0.2) is 0 Å². The van der Waals surface area contributed by atoms with Crippen molar-refractivity contribution in [2.45, 2.75) is 6.54 Å². The maximum absolute atomic E-state index is 11.8. The maximum Gasteiger partial charge on any atom is 0.319 e. The Bertz CT molecular complexity index is 763. The molecule has 0 atom stereocenters. The van der Waals surface area contributed by atoms with Crippen molar-refractivity contribution in [3.63, 3.8) is 0 Å². The van der Waals surface area contributed by atoms with Crippen LogP contribution in [0.5, 0.6) is 0 Å². The predicted molar refractivity (Wildman–Crippen MR) is 81.9 cm³/mol. The largest absolute Gasteiger partial charge is 0.399 e. The summed E-state index contributed by atoms with van der Waals surface area (Å²) in [5.41, 5.74) is 8.83. The van der Waals surface area contributed by atoms with Gasteiger partial charge in [0.25, 0.3) is 0 Å². The number of nitrogens with one attached hydrogen (secondary N) is 2. The lowest BCUT2D eigenvalue weighted by molar-refractivity contribution is 0.251. The van der Waals surface area contributed by atoms with Gasteiger partial charge in [-0.05, 0) is 35.9 Å². The van der Waals surface area contributed by atoms with Gasteiger partial charge in [0.2, 0.25) is 0 Å². The number of carbonyl (C=O) groups is 1. The first-order chi connectivity index (χ1) is 10.2. The van der Waals surface area contributed by atoms with Crippen molar-refractivity contribution in [2.75, 3.05) is 11.1 Å². The maximum atomic E-state index is 11.8. The molecular weight excluding hydrogens is 266 g/mol. The highest BCUT2D eigenvalue weighted by atomic mass is 16.2. The summed E-state index contributed by atoms with van der Waals surface area (Å²) in [6, 6.07) is 10.6. The van der Waals surface area contributed by atoms with Crippen LogP contribution in [0.2, 0.25) is 0 Å². The van der Waals surface area contributed by atoms with Crippen molar-refractivity contribution in [3.05, 3.63) is 60.6 Å². The quantitative estimate of drug-likeness (QED) is 0.644. The molecule has 0 saturated heterocycles. The molecule has 21 heavy (non-hydrogen) atoms. The molecule has 0 aliphatic carbocycles. The molecule has 0 saturated carbocycles. The van der Waals surface area contributed by atoms with Crippen molar-refractivity contribution in [1.82, 2.24) is 14.7 Å². The van der Waals surface area contributed by atoms with E-state index in [2.05, 4.69) is 15.6 Å². The summed E-state index contributed by atoms with van der Waals surface area (Å²) < 4.78 is 1.91. The van der Waals surface area contributed by atoms with Crippen molar-refractivity contribution in [1.29, 1.82) is 0 Å². The molecule has 3 rings (SSSR count). The number of urea groups is 1. The zero-order valence-corrected chi connectivity index (χ0v) is 11.3. The Labute approximate surface area is 121 Å². The molecule has 0 unspecified atom stereocenters. The summed E-state index contributed by atoms with van der Waals surface area (Å²) in [7, 11) is 0. The molecule has 1 aromatic carbocycles. The molecule has 3 aromatic rings. The average molecular weight is 281 g/mol. The van der Waals surface area contributed by atoms with E-state index >= 15 is 0 Å². The Morgan fingerprint density at radius 1 is 1.19 bits per heavy atom. The molecule has 0 radical (unpaired) electrons. The van der Waals surface area contributed by atoms with Crippen LogP contribution in [0.15, 0.2) is 55.0 Å². The molecule has 0 aliphatic rings. The lowest BCUT2D eigenvalue weighted by Gasteiger charge is -2.08. The first-order valence-electron chi connectivity index (χ1n) is 6.53. The smallest absolute Gasteiger partial charge is 0.319 e. The summed E-state index contributed by atoms with van der Waals surface area (Å²) in [5, 5.41) is 5.55. The number of fused-ring (bicyclic) bond motifs is 1. The third-order valence-corrected chi connectivity index (χ3v) is 3.07. The van der Waals surface area contributed by atoms with Crippen LogP contribution in [0, 0.1) is 0 Å². The Morgan fingerprint density at radius 3 is 2.81 bits per heavy atom. The molecule has 0 spiro atoms. The number of hydrogen-bond donors (Lipinski definition) is 3. The molecular formula is C15H15N5O. The summed E-state index contributed by atoms with van der Waals surface area (Å²) in [6.45, 7) is 0.439. The molecule has 0 fully saturated rings. The molecule has 0 aliphatic heterocycles. The number of pyridine rings is 1. The Balaban J connectivity index is 1.58. The minimum atomic E-state index is -0.259. The Morgan fingerprint density at radius 2 is 2.00 bits per heavy atom. The van der Waals surface area contributed by atoms with E-state index in [9.17, 15) is 4.79 Å². The number of anilines is 2. The standard InChI is InChI=1S/C15H15N5O/c16-12-2-4-13(5-3-12)19-15(21)18-9-11-1-6-14-17-7-8-20(14)10-11/h1-8,10H,9,16H2,(H2,18,19,21). The fourth-order valence-corrected chi connectivity index (χ4v) is 1.99. The van der Waals surface area contributed by atoms with E-state index < -0.39 is 0 Å². The van der Waals surface area contributed by atoms with E-state index in [1.54, 1.807) is 30.5 Å². The summed E-state index contributed by atoms with van der Waals surface area (Å²) >= 11 is 0. The number of nitrogens with zero attached hydrogens (tertiary/aromatic N) is 2. The zero-order chi connectivity index (χ0) is 14.7. The van der Waals surface area contributed by atoms with Gasteiger partial charge in [0.1, 0.15) is 5.65 Å². The highest BCUT2D eigenvalue weighted by Gasteiger charge is 2.02. The average Bonchev–Trinajstić information content (AvgIpc) is 2.95. The number of aromatic nitrogens is 2. The molecule has 0 bridgehead atoms. The summed E-state index contributed by atoms with van der Waals surface area (Å²) in [6.07, 6.45) is 5.54. The lowest BCUT2D eigenvalue weighted by atomic mass is 10.3. The van der Waals surface area contributed by atoms with E-state index in [1.165, 1.54) is 0 Å². The van der Waals surface area contributed by atoms with E-state index in [-0.39, 0.29) is 6.03 Å². The van der Waals surface area contributed by atoms with Crippen LogP contribution < -0.4 is 16.4 Å². The summed E-state index contributed by atoms with van der Waals surface area (Å²) in [5.74, 6) is 0. The number of nitrogen functional groups attached to an aromatic ring is 1. The van der Waals surface area contributed by atoms with Crippen molar-refractivity contribution in [2.24, 2.45) is 0 Å². The second-order valence-corrected chi connectivity index (χ2v) is 4.66. The van der Waals surface area contributed by atoms with E-state index in [1.807, 2.05) is 28.9 Å². The Kier molecular flexibility index (Phi) is 3.42. The minimum Gasteiger partial charge on any atom is -0.399 e. The number of benzene rings is 1.